The predicted octanol–water partition coefficient (Wildman–Crippen LogP) is 3.08. The van der Waals surface area contributed by atoms with Crippen molar-refractivity contribution in [3.8, 4) is 0 Å². The number of hydrogen-bond acceptors (Lipinski definition) is 3. The number of fused-ring (bicyclic) bond motifs is 1. The molecule has 5 nitrogen and oxygen atoms in total. The summed E-state index contributed by atoms with van der Waals surface area (Å²) in [7, 11) is 0. The lowest BCUT2D eigenvalue weighted by atomic mass is 9.97. The summed E-state index contributed by atoms with van der Waals surface area (Å²) in [6.45, 7) is 10.5. The Labute approximate surface area is 144 Å². The zero-order valence-electron chi connectivity index (χ0n) is 15.0. The number of rotatable bonds is 5. The molecule has 0 radical (unpaired) electrons. The molecule has 0 spiro atoms. The average molecular weight is 328 g/mol. The van der Waals surface area contributed by atoms with Gasteiger partial charge in [0.25, 0.3) is 5.91 Å². The summed E-state index contributed by atoms with van der Waals surface area (Å²) in [6.07, 6.45) is 2.32. The van der Waals surface area contributed by atoms with Gasteiger partial charge in [-0.2, -0.15) is 5.10 Å². The molecule has 2 aromatic rings. The number of hydrogen-bond donors (Lipinski definition) is 1. The van der Waals surface area contributed by atoms with Gasteiger partial charge < -0.3 is 10.2 Å². The number of benzene rings is 1. The Morgan fingerprint density at radius 1 is 1.29 bits per heavy atom. The summed E-state index contributed by atoms with van der Waals surface area (Å²) in [6, 6.07) is 8.20. The Kier molecular flexibility index (Phi) is 5.19. The van der Waals surface area contributed by atoms with Gasteiger partial charge in [0, 0.05) is 18.0 Å². The summed E-state index contributed by atoms with van der Waals surface area (Å²) in [5.41, 5.74) is 1.57. The second-order valence-corrected chi connectivity index (χ2v) is 6.99. The predicted molar refractivity (Wildman–Crippen MR) is 97.3 cm³/mol. The maximum absolute atomic E-state index is 12.7. The number of likely N-dealkylation sites (tertiary alicyclic amines) is 1. The molecule has 1 aromatic carbocycles. The third-order valence-electron chi connectivity index (χ3n) is 5.02. The normalized spacial score (nSPS) is 16.8. The largest absolute Gasteiger partial charge is 0.350 e. The minimum Gasteiger partial charge on any atom is -0.350 e. The van der Waals surface area contributed by atoms with Crippen LogP contribution in [-0.2, 0) is 0 Å². The highest BCUT2D eigenvalue weighted by Crippen LogP contribution is 2.22. The number of nitrogens with zero attached hydrogens (tertiary/aromatic N) is 3. The molecule has 24 heavy (non-hydrogen) atoms. The summed E-state index contributed by atoms with van der Waals surface area (Å²) in [5, 5.41) is 8.62. The topological polar surface area (TPSA) is 50.2 Å². The van der Waals surface area contributed by atoms with Crippen molar-refractivity contribution in [2.45, 2.75) is 39.7 Å². The Bertz CT molecular complexity index is 698. The number of nitrogens with one attached hydrogen (secondary N) is 1. The highest BCUT2D eigenvalue weighted by Gasteiger charge is 2.21. The van der Waals surface area contributed by atoms with Crippen molar-refractivity contribution in [2.24, 2.45) is 5.92 Å². The van der Waals surface area contributed by atoms with Gasteiger partial charge >= 0.3 is 0 Å². The summed E-state index contributed by atoms with van der Waals surface area (Å²) in [4.78, 5) is 15.1. The fourth-order valence-corrected chi connectivity index (χ4v) is 3.48. The Hall–Kier alpha value is -1.88. The summed E-state index contributed by atoms with van der Waals surface area (Å²) in [5.74, 6) is 0.527. The molecule has 1 saturated heterocycles. The average Bonchev–Trinajstić information content (AvgIpc) is 3.00. The lowest BCUT2D eigenvalue weighted by Crippen LogP contribution is -2.38. The zero-order chi connectivity index (χ0) is 17.1. The van der Waals surface area contributed by atoms with Crippen LogP contribution in [0.2, 0.25) is 0 Å². The molecule has 2 heterocycles. The van der Waals surface area contributed by atoms with Crippen LogP contribution in [0.5, 0.6) is 0 Å². The SMILES string of the molecule is CCN1CCC(CNC(=O)c2nn(C(C)C)c3ccccc23)CC1. The molecule has 130 valence electrons. The van der Waals surface area contributed by atoms with E-state index in [2.05, 4.69) is 36.1 Å². The lowest BCUT2D eigenvalue weighted by molar-refractivity contribution is 0.0932. The molecule has 0 unspecified atom stereocenters. The van der Waals surface area contributed by atoms with Crippen LogP contribution in [0.25, 0.3) is 10.9 Å². The van der Waals surface area contributed by atoms with E-state index in [4.69, 9.17) is 0 Å². The number of amides is 1. The number of aromatic nitrogens is 2. The van der Waals surface area contributed by atoms with E-state index in [0.717, 1.165) is 49.9 Å². The van der Waals surface area contributed by atoms with Crippen LogP contribution in [-0.4, -0.2) is 46.8 Å². The number of carbonyl (C=O) groups excluding carboxylic acids is 1. The molecule has 1 aliphatic rings. The highest BCUT2D eigenvalue weighted by atomic mass is 16.1. The van der Waals surface area contributed by atoms with Crippen molar-refractivity contribution in [3.05, 3.63) is 30.0 Å². The standard InChI is InChI=1S/C19H28N4O/c1-4-22-11-9-15(10-12-22)13-20-19(24)18-16-7-5-6-8-17(16)23(21-18)14(2)3/h5-8,14-15H,4,9-13H2,1-3H3,(H,20,24). The third-order valence-corrected chi connectivity index (χ3v) is 5.02. The first-order valence-electron chi connectivity index (χ1n) is 9.08. The Morgan fingerprint density at radius 3 is 2.67 bits per heavy atom. The van der Waals surface area contributed by atoms with Crippen molar-refractivity contribution in [1.29, 1.82) is 0 Å². The molecule has 3 rings (SSSR count). The number of para-hydroxylation sites is 1. The molecular weight excluding hydrogens is 300 g/mol. The maximum atomic E-state index is 12.7. The molecule has 0 bridgehead atoms. The molecule has 1 amide bonds. The Balaban J connectivity index is 1.68. The smallest absolute Gasteiger partial charge is 0.272 e. The van der Waals surface area contributed by atoms with E-state index in [1.54, 1.807) is 0 Å². The molecule has 0 aliphatic carbocycles. The highest BCUT2D eigenvalue weighted by molar-refractivity contribution is 6.04. The van der Waals surface area contributed by atoms with Crippen molar-refractivity contribution < 1.29 is 4.79 Å². The van der Waals surface area contributed by atoms with Gasteiger partial charge in [-0.3, -0.25) is 9.48 Å². The molecule has 1 N–H and O–H groups in total. The van der Waals surface area contributed by atoms with Crippen LogP contribution < -0.4 is 5.32 Å². The molecule has 1 fully saturated rings. The van der Waals surface area contributed by atoms with Gasteiger partial charge in [-0.1, -0.05) is 25.1 Å². The van der Waals surface area contributed by atoms with Crippen molar-refractivity contribution in [1.82, 2.24) is 20.0 Å². The minimum absolute atomic E-state index is 0.0523. The van der Waals surface area contributed by atoms with Gasteiger partial charge in [0.1, 0.15) is 0 Å². The zero-order valence-corrected chi connectivity index (χ0v) is 15.0. The molecule has 0 saturated carbocycles. The van der Waals surface area contributed by atoms with Gasteiger partial charge in [0.05, 0.1) is 5.52 Å². The Morgan fingerprint density at radius 2 is 2.00 bits per heavy atom. The monoisotopic (exact) mass is 328 g/mol. The van der Waals surface area contributed by atoms with Gasteiger partial charge in [0.2, 0.25) is 0 Å². The molecular formula is C19H28N4O. The van der Waals surface area contributed by atoms with E-state index in [0.29, 0.717) is 11.6 Å². The van der Waals surface area contributed by atoms with Crippen LogP contribution in [0.3, 0.4) is 0 Å². The van der Waals surface area contributed by atoms with Gasteiger partial charge in [0.15, 0.2) is 5.69 Å². The fraction of sp³-hybridized carbons (Fsp3) is 0.579. The van der Waals surface area contributed by atoms with E-state index in [1.807, 2.05) is 28.9 Å². The summed E-state index contributed by atoms with van der Waals surface area (Å²) < 4.78 is 1.93. The van der Waals surface area contributed by atoms with Gasteiger partial charge in [-0.15, -0.1) is 0 Å². The van der Waals surface area contributed by atoms with Gasteiger partial charge in [-0.05, 0) is 58.3 Å². The second-order valence-electron chi connectivity index (χ2n) is 6.99. The van der Waals surface area contributed by atoms with Crippen LogP contribution in [0, 0.1) is 5.92 Å². The van der Waals surface area contributed by atoms with Crippen LogP contribution in [0.4, 0.5) is 0 Å². The van der Waals surface area contributed by atoms with Crippen molar-refractivity contribution in [3.63, 3.8) is 0 Å². The van der Waals surface area contributed by atoms with E-state index in [-0.39, 0.29) is 11.9 Å². The molecule has 1 aliphatic heterocycles. The van der Waals surface area contributed by atoms with Crippen molar-refractivity contribution in [2.75, 3.05) is 26.2 Å². The number of carbonyl (C=O) groups is 1. The fourth-order valence-electron chi connectivity index (χ4n) is 3.48. The quantitative estimate of drug-likeness (QED) is 0.917. The minimum atomic E-state index is -0.0523. The lowest BCUT2D eigenvalue weighted by Gasteiger charge is -2.30. The van der Waals surface area contributed by atoms with E-state index in [9.17, 15) is 4.79 Å². The van der Waals surface area contributed by atoms with E-state index in [1.165, 1.54) is 0 Å². The molecule has 1 aromatic heterocycles. The maximum Gasteiger partial charge on any atom is 0.272 e. The number of piperidine rings is 1. The summed E-state index contributed by atoms with van der Waals surface area (Å²) >= 11 is 0. The molecule has 5 heteroatoms. The second kappa shape index (κ2) is 7.34. The first-order valence-corrected chi connectivity index (χ1v) is 9.08. The van der Waals surface area contributed by atoms with Crippen LogP contribution >= 0.6 is 0 Å². The molecule has 0 atom stereocenters. The first kappa shape index (κ1) is 17.0. The van der Waals surface area contributed by atoms with Crippen LogP contribution in [0.15, 0.2) is 24.3 Å². The van der Waals surface area contributed by atoms with E-state index >= 15 is 0 Å². The van der Waals surface area contributed by atoms with E-state index < -0.39 is 0 Å². The van der Waals surface area contributed by atoms with Crippen molar-refractivity contribution >= 4 is 16.8 Å². The third kappa shape index (κ3) is 3.46. The first-order chi connectivity index (χ1) is 11.6. The van der Waals surface area contributed by atoms with Gasteiger partial charge in [-0.25, -0.2) is 0 Å². The van der Waals surface area contributed by atoms with Crippen LogP contribution in [0.1, 0.15) is 50.1 Å².